The van der Waals surface area contributed by atoms with Crippen LogP contribution >= 0.6 is 0 Å². The van der Waals surface area contributed by atoms with Crippen LogP contribution in [0.3, 0.4) is 0 Å². The maximum atomic E-state index is 10.8. The number of hydrogen-bond donors (Lipinski definition) is 5. The molecule has 0 saturated carbocycles. The Morgan fingerprint density at radius 1 is 1.36 bits per heavy atom. The van der Waals surface area contributed by atoms with Gasteiger partial charge in [0.05, 0.1) is 0 Å². The molecule has 0 saturated heterocycles. The van der Waals surface area contributed by atoms with Crippen molar-refractivity contribution < 1.29 is 18.3 Å². The van der Waals surface area contributed by atoms with Gasteiger partial charge >= 0.3 is 0 Å². The summed E-state index contributed by atoms with van der Waals surface area (Å²) in [4.78, 5) is 0. The zero-order chi connectivity index (χ0) is 18.4. The number of anilines is 1. The molecule has 25 heavy (non-hydrogen) atoms. The number of allylic oxidation sites excluding steroid dienone is 3. The molecule has 2 atom stereocenters. The van der Waals surface area contributed by atoms with E-state index in [0.29, 0.717) is 11.6 Å². The van der Waals surface area contributed by atoms with Crippen molar-refractivity contribution in [1.29, 1.82) is 0 Å². The van der Waals surface area contributed by atoms with Crippen LogP contribution in [0.15, 0.2) is 33.7 Å². The first kappa shape index (κ1) is 19.0. The molecular formula is C11H19B2N7O4S. The van der Waals surface area contributed by atoms with Gasteiger partial charge in [-0.05, 0) is 16.4 Å². The van der Waals surface area contributed by atoms with Gasteiger partial charge in [-0.1, -0.05) is 28.9 Å². The van der Waals surface area contributed by atoms with Gasteiger partial charge in [0.15, 0.2) is 5.69 Å². The van der Waals surface area contributed by atoms with Crippen molar-refractivity contribution in [2.24, 2.45) is 10.3 Å². The number of aromatic nitrogens is 2. The van der Waals surface area contributed by atoms with Crippen LogP contribution in [0.1, 0.15) is 5.69 Å². The summed E-state index contributed by atoms with van der Waals surface area (Å²) < 4.78 is 28.4. The van der Waals surface area contributed by atoms with Crippen molar-refractivity contribution in [3.8, 4) is 0 Å². The van der Waals surface area contributed by atoms with Crippen LogP contribution in [0.25, 0.3) is 0 Å². The topological polar surface area (TPSA) is 168 Å². The maximum Gasteiger partial charge on any atom is 0.274 e. The molecule has 1 heterocycles. The Kier molecular flexibility index (Phi) is 6.22. The Morgan fingerprint density at radius 2 is 2.12 bits per heavy atom. The second-order valence-corrected chi connectivity index (χ2v) is 6.98. The van der Waals surface area contributed by atoms with Gasteiger partial charge in [0, 0.05) is 18.8 Å². The van der Waals surface area contributed by atoms with Crippen molar-refractivity contribution in [3.05, 3.63) is 29.6 Å². The standard InChI is InChI=1S/C11H19B2N7O4S/c12-7-2-1-6(5-8(7)13)17-11(18-21)9-10(20-24-19-9)15-3-4-16-25(14,22)23/h1-2,5,7-8,16,21H,3-4,12-13H2,(H,15,20)(H,17,18)(H2,14,22,23)/t7-,8+/m1/s1. The van der Waals surface area contributed by atoms with Gasteiger partial charge in [-0.25, -0.2) is 14.5 Å². The van der Waals surface area contributed by atoms with Crippen molar-refractivity contribution in [3.63, 3.8) is 0 Å². The summed E-state index contributed by atoms with van der Waals surface area (Å²) in [5.74, 6) is 0.973. The summed E-state index contributed by atoms with van der Waals surface area (Å²) in [5, 5.41) is 30.4. The highest BCUT2D eigenvalue weighted by Gasteiger charge is 2.19. The number of hydrogen-bond acceptors (Lipinski definition) is 8. The highest BCUT2D eigenvalue weighted by molar-refractivity contribution is 7.87. The normalized spacial score (nSPS) is 21.0. The van der Waals surface area contributed by atoms with Crippen LogP contribution in [0.4, 0.5) is 5.82 Å². The smallest absolute Gasteiger partial charge is 0.274 e. The average Bonchev–Trinajstić information content (AvgIpc) is 3.00. The van der Waals surface area contributed by atoms with Crippen molar-refractivity contribution in [2.75, 3.05) is 18.4 Å². The summed E-state index contributed by atoms with van der Waals surface area (Å²) in [6, 6.07) is 0. The minimum atomic E-state index is -3.77. The molecule has 11 nitrogen and oxygen atoms in total. The number of nitrogens with two attached hydrogens (primary N) is 1. The lowest BCUT2D eigenvalue weighted by molar-refractivity contribution is 0.304. The first-order valence-electron chi connectivity index (χ1n) is 7.53. The minimum absolute atomic E-state index is 0.0352. The van der Waals surface area contributed by atoms with Crippen LogP contribution in [0, 0.1) is 0 Å². The fraction of sp³-hybridized carbons (Fsp3) is 0.364. The van der Waals surface area contributed by atoms with E-state index in [9.17, 15) is 13.6 Å². The van der Waals surface area contributed by atoms with E-state index in [1.54, 1.807) is 0 Å². The Hall–Kier alpha value is -2.31. The average molecular weight is 367 g/mol. The molecule has 0 amide bonds. The molecule has 0 fully saturated rings. The van der Waals surface area contributed by atoms with Crippen LogP contribution in [0.2, 0.25) is 11.6 Å². The zero-order valence-electron chi connectivity index (χ0n) is 13.8. The molecule has 6 N–H and O–H groups in total. The predicted molar refractivity (Wildman–Crippen MR) is 97.2 cm³/mol. The number of rotatable bonds is 7. The van der Waals surface area contributed by atoms with Gasteiger partial charge in [0.2, 0.25) is 11.7 Å². The SMILES string of the molecule is B[C@@H]1C=CC(N/C(=N\O)c2nonc2NCCNS(N)(=O)=O)=C[C@@H]1B. The van der Waals surface area contributed by atoms with E-state index in [1.165, 1.54) is 0 Å². The lowest BCUT2D eigenvalue weighted by atomic mass is 9.65. The fourth-order valence-electron chi connectivity index (χ4n) is 2.11. The van der Waals surface area contributed by atoms with E-state index in [2.05, 4.69) is 51.1 Å². The van der Waals surface area contributed by atoms with E-state index in [4.69, 9.17) is 5.14 Å². The van der Waals surface area contributed by atoms with Gasteiger partial charge in [0.1, 0.15) is 15.7 Å². The van der Waals surface area contributed by atoms with Gasteiger partial charge in [-0.3, -0.25) is 0 Å². The summed E-state index contributed by atoms with van der Waals surface area (Å²) in [5.41, 5.74) is 0.905. The van der Waals surface area contributed by atoms with E-state index in [1.807, 2.05) is 18.2 Å². The Bertz CT molecular complexity index is 792. The molecule has 1 aromatic heterocycles. The first-order chi connectivity index (χ1) is 11.8. The Labute approximate surface area is 146 Å². The van der Waals surface area contributed by atoms with Gasteiger partial charge < -0.3 is 15.8 Å². The monoisotopic (exact) mass is 367 g/mol. The molecule has 0 aromatic carbocycles. The van der Waals surface area contributed by atoms with Crippen molar-refractivity contribution in [1.82, 2.24) is 20.4 Å². The fourth-order valence-corrected chi connectivity index (χ4v) is 2.49. The summed E-state index contributed by atoms with van der Waals surface area (Å²) in [6.07, 6.45) is 5.93. The molecular weight excluding hydrogens is 348 g/mol. The molecule has 0 spiro atoms. The molecule has 0 aliphatic heterocycles. The minimum Gasteiger partial charge on any atom is -0.409 e. The number of oxime groups is 1. The summed E-state index contributed by atoms with van der Waals surface area (Å²) in [6.45, 7) is 0.209. The van der Waals surface area contributed by atoms with Gasteiger partial charge in [0.25, 0.3) is 10.2 Å². The third-order valence-electron chi connectivity index (χ3n) is 3.65. The Morgan fingerprint density at radius 3 is 2.76 bits per heavy atom. The predicted octanol–water partition coefficient (Wildman–Crippen LogP) is -2.70. The number of nitrogens with one attached hydrogen (secondary N) is 3. The summed E-state index contributed by atoms with van der Waals surface area (Å²) in [7, 11) is 0.418. The van der Waals surface area contributed by atoms with E-state index in [0.717, 1.165) is 5.70 Å². The second kappa shape index (κ2) is 8.18. The quantitative estimate of drug-likeness (QED) is 0.0866. The highest BCUT2D eigenvalue weighted by Crippen LogP contribution is 2.26. The summed E-state index contributed by atoms with van der Waals surface area (Å²) >= 11 is 0. The van der Waals surface area contributed by atoms with Crippen LogP contribution in [-0.2, 0) is 10.2 Å². The first-order valence-corrected chi connectivity index (χ1v) is 9.08. The Balaban J connectivity index is 2.01. The lowest BCUT2D eigenvalue weighted by Gasteiger charge is -2.20. The van der Waals surface area contributed by atoms with Crippen LogP contribution in [-0.4, -0.2) is 58.6 Å². The lowest BCUT2D eigenvalue weighted by Crippen LogP contribution is -2.34. The molecule has 0 bridgehead atoms. The van der Waals surface area contributed by atoms with E-state index >= 15 is 0 Å². The largest absolute Gasteiger partial charge is 0.409 e. The molecule has 2 rings (SSSR count). The molecule has 1 aromatic rings. The second-order valence-electron chi connectivity index (χ2n) is 5.60. The van der Waals surface area contributed by atoms with Crippen molar-refractivity contribution in [2.45, 2.75) is 11.6 Å². The number of nitrogens with zero attached hydrogens (tertiary/aromatic N) is 3. The molecule has 1 aliphatic carbocycles. The molecule has 0 unspecified atom stereocenters. The van der Waals surface area contributed by atoms with Crippen molar-refractivity contribution >= 4 is 37.6 Å². The zero-order valence-corrected chi connectivity index (χ0v) is 14.6. The van der Waals surface area contributed by atoms with Crippen LogP contribution in [0.5, 0.6) is 0 Å². The molecule has 14 heteroatoms. The van der Waals surface area contributed by atoms with E-state index in [-0.39, 0.29) is 30.4 Å². The maximum absolute atomic E-state index is 10.8. The van der Waals surface area contributed by atoms with Gasteiger partial charge in [-0.2, -0.15) is 8.42 Å². The highest BCUT2D eigenvalue weighted by atomic mass is 32.2. The molecule has 1 aliphatic rings. The number of amidine groups is 1. The van der Waals surface area contributed by atoms with E-state index < -0.39 is 10.2 Å². The molecule has 0 radical (unpaired) electrons. The third-order valence-corrected chi connectivity index (χ3v) is 4.25. The van der Waals surface area contributed by atoms with Crippen LogP contribution < -0.4 is 20.5 Å². The van der Waals surface area contributed by atoms with Gasteiger partial charge in [-0.15, -0.1) is 0 Å². The molecule has 134 valence electrons. The third kappa shape index (κ3) is 5.62.